The van der Waals surface area contributed by atoms with Crippen LogP contribution in [-0.2, 0) is 4.79 Å². The molecule has 0 aliphatic heterocycles. The lowest BCUT2D eigenvalue weighted by Crippen LogP contribution is -2.50. The molecule has 0 rings (SSSR count). The molecule has 5 nitrogen and oxygen atoms in total. The van der Waals surface area contributed by atoms with Crippen LogP contribution in [0, 0.1) is 0 Å². The summed E-state index contributed by atoms with van der Waals surface area (Å²) in [6.07, 6.45) is 63.9. The number of allylic oxidation sites excluding steroid dienone is 8. The number of aliphatic hydroxyl groups excluding tert-OH is 3. The molecule has 0 aromatic carbocycles. The minimum Gasteiger partial charge on any atom is -0.394 e. The third kappa shape index (κ3) is 44.2. The SMILES string of the molecule is CCCCCCCCCCC/C=C\C/C=C\CCCCCCCCCCCCCC(=O)NC(CO)C(O)C(O)CCC/C=C/CC/C=C/CCCCCCCCCCC. The summed E-state index contributed by atoms with van der Waals surface area (Å²) in [5.41, 5.74) is 0. The summed E-state index contributed by atoms with van der Waals surface area (Å²) in [5.74, 6) is -0.160. The Hall–Kier alpha value is -1.69. The van der Waals surface area contributed by atoms with E-state index in [1.165, 1.54) is 186 Å². The molecule has 5 heteroatoms. The Balaban J connectivity index is 3.63. The van der Waals surface area contributed by atoms with Crippen LogP contribution in [0.15, 0.2) is 48.6 Å². The van der Waals surface area contributed by atoms with Crippen LogP contribution in [0.25, 0.3) is 0 Å². The summed E-state index contributed by atoms with van der Waals surface area (Å²) >= 11 is 0. The lowest BCUT2D eigenvalue weighted by molar-refractivity contribution is -0.124. The van der Waals surface area contributed by atoms with E-state index >= 15 is 0 Å². The van der Waals surface area contributed by atoms with Gasteiger partial charge < -0.3 is 20.6 Å². The number of hydrogen-bond acceptors (Lipinski definition) is 4. The molecule has 1 amide bonds. The summed E-state index contributed by atoms with van der Waals surface area (Å²) in [4.78, 5) is 12.5. The zero-order valence-electron chi connectivity index (χ0n) is 39.4. The van der Waals surface area contributed by atoms with Gasteiger partial charge in [-0.25, -0.2) is 0 Å². The molecule has 3 atom stereocenters. The van der Waals surface area contributed by atoms with Crippen LogP contribution in [0.5, 0.6) is 0 Å². The van der Waals surface area contributed by atoms with Crippen LogP contribution >= 0.6 is 0 Å². The fourth-order valence-corrected chi connectivity index (χ4v) is 7.86. The van der Waals surface area contributed by atoms with Crippen molar-refractivity contribution in [2.75, 3.05) is 6.61 Å². The van der Waals surface area contributed by atoms with Gasteiger partial charge in [0.25, 0.3) is 0 Å². The Morgan fingerprint density at radius 2 is 0.746 bits per heavy atom. The third-order valence-electron chi connectivity index (χ3n) is 11.9. The van der Waals surface area contributed by atoms with Gasteiger partial charge in [-0.3, -0.25) is 4.79 Å². The highest BCUT2D eigenvalue weighted by molar-refractivity contribution is 5.76. The molecule has 0 aliphatic carbocycles. The van der Waals surface area contributed by atoms with Gasteiger partial charge in [0.1, 0.15) is 6.10 Å². The number of carbonyl (C=O) groups is 1. The second kappa shape index (κ2) is 49.0. The van der Waals surface area contributed by atoms with Crippen molar-refractivity contribution in [3.63, 3.8) is 0 Å². The minimum absolute atomic E-state index is 0.160. The zero-order chi connectivity index (χ0) is 43.0. The smallest absolute Gasteiger partial charge is 0.220 e. The maximum absolute atomic E-state index is 12.5. The quantitative estimate of drug-likeness (QED) is 0.0363. The highest BCUT2D eigenvalue weighted by Crippen LogP contribution is 2.15. The molecule has 0 fully saturated rings. The molecule has 0 aromatic heterocycles. The molecule has 0 saturated heterocycles. The average molecular weight is 828 g/mol. The van der Waals surface area contributed by atoms with Crippen molar-refractivity contribution in [1.29, 1.82) is 0 Å². The first-order valence-corrected chi connectivity index (χ1v) is 25.9. The van der Waals surface area contributed by atoms with Crippen LogP contribution in [-0.4, -0.2) is 46.1 Å². The molecule has 4 N–H and O–H groups in total. The van der Waals surface area contributed by atoms with Gasteiger partial charge in [0.2, 0.25) is 5.91 Å². The number of unbranched alkanes of at least 4 members (excludes halogenated alkanes) is 31. The van der Waals surface area contributed by atoms with Crippen LogP contribution in [0.2, 0.25) is 0 Å². The minimum atomic E-state index is -1.17. The van der Waals surface area contributed by atoms with E-state index in [4.69, 9.17) is 0 Å². The Morgan fingerprint density at radius 1 is 0.424 bits per heavy atom. The van der Waals surface area contributed by atoms with Gasteiger partial charge in [0.05, 0.1) is 18.8 Å². The number of nitrogens with one attached hydrogen (secondary N) is 1. The molecule has 0 saturated carbocycles. The molecule has 0 aliphatic rings. The normalized spacial score (nSPS) is 13.8. The van der Waals surface area contributed by atoms with Gasteiger partial charge >= 0.3 is 0 Å². The van der Waals surface area contributed by atoms with Crippen molar-refractivity contribution in [2.45, 2.75) is 283 Å². The number of carbonyl (C=O) groups excluding carboxylic acids is 1. The van der Waals surface area contributed by atoms with Crippen LogP contribution in [0.3, 0.4) is 0 Å². The Morgan fingerprint density at radius 3 is 1.14 bits per heavy atom. The van der Waals surface area contributed by atoms with Gasteiger partial charge in [-0.1, -0.05) is 223 Å². The van der Waals surface area contributed by atoms with Crippen molar-refractivity contribution in [3.05, 3.63) is 48.6 Å². The molecule has 0 aromatic rings. The van der Waals surface area contributed by atoms with Crippen molar-refractivity contribution in [1.82, 2.24) is 5.32 Å². The number of rotatable bonds is 47. The van der Waals surface area contributed by atoms with E-state index in [-0.39, 0.29) is 12.5 Å². The van der Waals surface area contributed by atoms with Crippen molar-refractivity contribution in [2.24, 2.45) is 0 Å². The van der Waals surface area contributed by atoms with E-state index < -0.39 is 18.2 Å². The van der Waals surface area contributed by atoms with Gasteiger partial charge in [0.15, 0.2) is 0 Å². The summed E-state index contributed by atoms with van der Waals surface area (Å²) < 4.78 is 0. The zero-order valence-corrected chi connectivity index (χ0v) is 39.4. The Labute approximate surface area is 367 Å². The first-order chi connectivity index (χ1) is 29.1. The van der Waals surface area contributed by atoms with E-state index in [2.05, 4.69) is 67.8 Å². The standard InChI is InChI=1S/C54H101NO4/c1-3-5-7-9-11-13-15-17-19-21-23-24-25-26-27-28-29-30-31-33-35-37-39-41-43-45-47-49-53(58)55-51(50-56)54(59)52(57)48-46-44-42-40-38-36-34-32-22-20-18-16-14-12-10-8-6-4-2/h23-24,26-27,32,34,40,42,51-52,54,56-57,59H,3-22,25,28-31,33,35-39,41,43-50H2,1-2H3,(H,55,58)/b24-23-,27-26-,34-32+,42-40+. The second-order valence-electron chi connectivity index (χ2n) is 17.7. The number of amides is 1. The number of aliphatic hydroxyl groups is 3. The predicted octanol–water partition coefficient (Wildman–Crippen LogP) is 15.7. The van der Waals surface area contributed by atoms with Crippen molar-refractivity contribution in [3.8, 4) is 0 Å². The van der Waals surface area contributed by atoms with Crippen molar-refractivity contribution >= 4 is 5.91 Å². The molecule has 0 spiro atoms. The lowest BCUT2D eigenvalue weighted by Gasteiger charge is -2.26. The summed E-state index contributed by atoms with van der Waals surface area (Å²) in [5, 5.41) is 33.6. The van der Waals surface area contributed by atoms with E-state index in [1.807, 2.05) is 0 Å². The molecular weight excluding hydrogens is 727 g/mol. The molecule has 59 heavy (non-hydrogen) atoms. The predicted molar refractivity (Wildman–Crippen MR) is 259 cm³/mol. The van der Waals surface area contributed by atoms with E-state index in [0.717, 1.165) is 51.4 Å². The van der Waals surface area contributed by atoms with Crippen LogP contribution < -0.4 is 5.32 Å². The van der Waals surface area contributed by atoms with Gasteiger partial charge in [-0.05, 0) is 83.5 Å². The third-order valence-corrected chi connectivity index (χ3v) is 11.9. The summed E-state index contributed by atoms with van der Waals surface area (Å²) in [7, 11) is 0. The van der Waals surface area contributed by atoms with E-state index in [9.17, 15) is 20.1 Å². The molecule has 0 heterocycles. The van der Waals surface area contributed by atoms with Crippen molar-refractivity contribution < 1.29 is 20.1 Å². The fraction of sp³-hybridized carbons (Fsp3) is 0.833. The van der Waals surface area contributed by atoms with E-state index in [0.29, 0.717) is 12.8 Å². The summed E-state index contributed by atoms with van der Waals surface area (Å²) in [6, 6.07) is -0.835. The fourth-order valence-electron chi connectivity index (χ4n) is 7.86. The summed E-state index contributed by atoms with van der Waals surface area (Å²) in [6.45, 7) is 4.17. The monoisotopic (exact) mass is 828 g/mol. The topological polar surface area (TPSA) is 89.8 Å². The number of hydrogen-bond donors (Lipinski definition) is 4. The van der Waals surface area contributed by atoms with Crippen LogP contribution in [0.1, 0.15) is 264 Å². The molecule has 346 valence electrons. The average Bonchev–Trinajstić information content (AvgIpc) is 3.24. The molecule has 0 bridgehead atoms. The lowest BCUT2D eigenvalue weighted by atomic mass is 10.0. The van der Waals surface area contributed by atoms with Gasteiger partial charge in [-0.2, -0.15) is 0 Å². The second-order valence-corrected chi connectivity index (χ2v) is 17.7. The Kier molecular flexibility index (Phi) is 47.6. The van der Waals surface area contributed by atoms with Gasteiger partial charge in [0, 0.05) is 6.42 Å². The Bertz CT molecular complexity index is 958. The molecular formula is C54H101NO4. The van der Waals surface area contributed by atoms with Crippen LogP contribution in [0.4, 0.5) is 0 Å². The first-order valence-electron chi connectivity index (χ1n) is 25.9. The highest BCUT2D eigenvalue weighted by atomic mass is 16.3. The first kappa shape index (κ1) is 57.3. The molecule has 0 radical (unpaired) electrons. The largest absolute Gasteiger partial charge is 0.394 e. The maximum atomic E-state index is 12.5. The molecule has 3 unspecified atom stereocenters. The highest BCUT2D eigenvalue weighted by Gasteiger charge is 2.26. The van der Waals surface area contributed by atoms with Gasteiger partial charge in [-0.15, -0.1) is 0 Å². The maximum Gasteiger partial charge on any atom is 0.220 e. The van der Waals surface area contributed by atoms with E-state index in [1.54, 1.807) is 0 Å².